The van der Waals surface area contributed by atoms with Crippen molar-refractivity contribution in [2.24, 2.45) is 10.8 Å². The molecule has 0 unspecified atom stereocenters. The van der Waals surface area contributed by atoms with Gasteiger partial charge >= 0.3 is 0 Å². The first-order valence-corrected chi connectivity index (χ1v) is 5.14. The first-order valence-electron chi connectivity index (χ1n) is 5.14. The second kappa shape index (κ2) is 1.35. The molecule has 14 heavy (non-hydrogen) atoms. The Labute approximate surface area is 82.3 Å². The molecule has 0 heterocycles. The van der Waals surface area contributed by atoms with Crippen LogP contribution >= 0.6 is 0 Å². The average Bonchev–Trinajstić information content (AvgIpc) is 2.41. The topological polar surface area (TPSA) is 0 Å². The van der Waals surface area contributed by atoms with E-state index in [0.717, 1.165) is 0 Å². The molecule has 0 atom stereocenters. The highest BCUT2D eigenvalue weighted by atomic mass is 14.7. The van der Waals surface area contributed by atoms with Crippen LogP contribution in [0.1, 0.15) is 0 Å². The van der Waals surface area contributed by atoms with Crippen LogP contribution in [-0.4, -0.2) is 0 Å². The molecule has 0 bridgehead atoms. The van der Waals surface area contributed by atoms with Crippen LogP contribution in [0.25, 0.3) is 0 Å². The summed E-state index contributed by atoms with van der Waals surface area (Å²) in [4.78, 5) is 0. The maximum atomic E-state index is 2.36. The normalized spacial score (nSPS) is 46.9. The summed E-state index contributed by atoms with van der Waals surface area (Å²) < 4.78 is 0. The molecule has 0 nitrogen and oxygen atoms in total. The number of hydrogen-bond acceptors (Lipinski definition) is 0. The molecule has 0 aromatic heterocycles. The van der Waals surface area contributed by atoms with Crippen LogP contribution in [-0.2, 0) is 0 Å². The Bertz CT molecular complexity index is 520. The number of allylic oxidation sites excluding steroid dienone is 12. The van der Waals surface area contributed by atoms with Crippen molar-refractivity contribution in [3.8, 4) is 0 Å². The maximum Gasteiger partial charge on any atom is 0.0590 e. The van der Waals surface area contributed by atoms with Gasteiger partial charge in [-0.2, -0.15) is 0 Å². The number of rotatable bonds is 0. The minimum Gasteiger partial charge on any atom is -0.0654 e. The van der Waals surface area contributed by atoms with E-state index < -0.39 is 0 Å². The van der Waals surface area contributed by atoms with E-state index in [-0.39, 0.29) is 10.8 Å². The fraction of sp³-hybridized carbons (Fsp3) is 0.143. The van der Waals surface area contributed by atoms with Crippen LogP contribution in [0.4, 0.5) is 0 Å². The molecular weight excluding hydrogens is 168 g/mol. The third-order valence-electron chi connectivity index (χ3n) is 4.49. The molecule has 0 amide bonds. The van der Waals surface area contributed by atoms with E-state index in [1.165, 1.54) is 11.1 Å². The summed E-state index contributed by atoms with van der Waals surface area (Å²) in [6.07, 6.45) is 18.4. The Morgan fingerprint density at radius 1 is 0.643 bits per heavy atom. The largest absolute Gasteiger partial charge is 0.0654 e. The van der Waals surface area contributed by atoms with Crippen molar-refractivity contribution in [2.45, 2.75) is 0 Å². The van der Waals surface area contributed by atoms with Gasteiger partial charge in [0.25, 0.3) is 0 Å². The standard InChI is InChI=1S/C14H8/c1-3-11-13(7-5-9(1)13)12-4-2-10-6-8-14(10,11)12/h1-8H. The van der Waals surface area contributed by atoms with Crippen LogP contribution in [0, 0.1) is 10.8 Å². The molecule has 0 aromatic rings. The Kier molecular flexibility index (Phi) is 0.579. The Morgan fingerprint density at radius 2 is 1.14 bits per heavy atom. The summed E-state index contributed by atoms with van der Waals surface area (Å²) >= 11 is 0. The Hall–Kier alpha value is -1.56. The molecule has 2 spiro atoms. The number of hydrogen-bond donors (Lipinski definition) is 0. The highest BCUT2D eigenvalue weighted by Crippen LogP contribution is 2.79. The van der Waals surface area contributed by atoms with Crippen molar-refractivity contribution in [3.05, 3.63) is 70.9 Å². The molecule has 1 fully saturated rings. The highest BCUT2D eigenvalue weighted by molar-refractivity contribution is 5.85. The molecule has 5 aliphatic carbocycles. The lowest BCUT2D eigenvalue weighted by molar-refractivity contribution is 0.355. The van der Waals surface area contributed by atoms with Gasteiger partial charge in [0.1, 0.15) is 0 Å². The molecule has 1 saturated carbocycles. The van der Waals surface area contributed by atoms with Crippen molar-refractivity contribution in [2.75, 3.05) is 0 Å². The van der Waals surface area contributed by atoms with Crippen LogP contribution in [0.5, 0.6) is 0 Å². The third kappa shape index (κ3) is 0.292. The van der Waals surface area contributed by atoms with Gasteiger partial charge in [-0.1, -0.05) is 48.6 Å². The van der Waals surface area contributed by atoms with E-state index in [1.807, 2.05) is 0 Å². The summed E-state index contributed by atoms with van der Waals surface area (Å²) in [6.45, 7) is 0. The van der Waals surface area contributed by atoms with Gasteiger partial charge in [0, 0.05) is 0 Å². The Balaban J connectivity index is 1.92. The fourth-order valence-electron chi connectivity index (χ4n) is 3.77. The van der Waals surface area contributed by atoms with Gasteiger partial charge in [-0.05, 0) is 22.3 Å². The Morgan fingerprint density at radius 3 is 1.50 bits per heavy atom. The predicted octanol–water partition coefficient (Wildman–Crippen LogP) is 2.85. The van der Waals surface area contributed by atoms with Gasteiger partial charge < -0.3 is 0 Å². The van der Waals surface area contributed by atoms with Gasteiger partial charge in [0.15, 0.2) is 0 Å². The van der Waals surface area contributed by atoms with Gasteiger partial charge in [0.2, 0.25) is 0 Å². The smallest absolute Gasteiger partial charge is 0.0590 e. The molecule has 0 saturated heterocycles. The average molecular weight is 176 g/mol. The monoisotopic (exact) mass is 176 g/mol. The fourth-order valence-corrected chi connectivity index (χ4v) is 3.77. The second-order valence-corrected chi connectivity index (χ2v) is 4.69. The van der Waals surface area contributed by atoms with Crippen molar-refractivity contribution in [3.63, 3.8) is 0 Å². The lowest BCUT2D eigenvalue weighted by atomic mass is 9.39. The second-order valence-electron chi connectivity index (χ2n) is 4.69. The molecule has 0 heteroatoms. The van der Waals surface area contributed by atoms with Gasteiger partial charge in [-0.25, -0.2) is 0 Å². The van der Waals surface area contributed by atoms with Crippen LogP contribution in [0.3, 0.4) is 0 Å². The minimum absolute atomic E-state index is 0.267. The zero-order chi connectivity index (χ0) is 8.97. The van der Waals surface area contributed by atoms with Gasteiger partial charge in [-0.15, -0.1) is 0 Å². The molecular formula is C14H8. The van der Waals surface area contributed by atoms with E-state index in [4.69, 9.17) is 0 Å². The van der Waals surface area contributed by atoms with Crippen molar-refractivity contribution in [1.82, 2.24) is 0 Å². The minimum atomic E-state index is 0.267. The van der Waals surface area contributed by atoms with E-state index in [2.05, 4.69) is 48.6 Å². The molecule has 64 valence electrons. The van der Waals surface area contributed by atoms with Gasteiger partial charge in [0.05, 0.1) is 10.8 Å². The van der Waals surface area contributed by atoms with Crippen LogP contribution in [0.15, 0.2) is 70.9 Å². The van der Waals surface area contributed by atoms with Crippen molar-refractivity contribution < 1.29 is 0 Å². The first kappa shape index (κ1) is 6.02. The molecule has 5 rings (SSSR count). The molecule has 5 aliphatic rings. The molecule has 0 aromatic carbocycles. The summed E-state index contributed by atoms with van der Waals surface area (Å²) in [7, 11) is 0. The maximum absolute atomic E-state index is 2.36. The lowest BCUT2D eigenvalue weighted by Gasteiger charge is -2.62. The SMILES string of the molecule is C1=CC23C1=CC=C2C12C=CC1=CC=C32. The van der Waals surface area contributed by atoms with Crippen molar-refractivity contribution >= 4 is 0 Å². The quantitative estimate of drug-likeness (QED) is 0.532. The highest BCUT2D eigenvalue weighted by Gasteiger charge is 2.69. The van der Waals surface area contributed by atoms with E-state index >= 15 is 0 Å². The first-order chi connectivity index (χ1) is 6.89. The van der Waals surface area contributed by atoms with E-state index in [1.54, 1.807) is 11.1 Å². The lowest BCUT2D eigenvalue weighted by Crippen LogP contribution is -2.53. The summed E-state index contributed by atoms with van der Waals surface area (Å²) in [5.74, 6) is 0. The zero-order valence-corrected chi connectivity index (χ0v) is 7.62. The van der Waals surface area contributed by atoms with E-state index in [0.29, 0.717) is 0 Å². The molecule has 0 N–H and O–H groups in total. The molecule has 0 radical (unpaired) electrons. The van der Waals surface area contributed by atoms with Crippen LogP contribution < -0.4 is 0 Å². The summed E-state index contributed by atoms with van der Waals surface area (Å²) in [5, 5.41) is 0. The van der Waals surface area contributed by atoms with Crippen molar-refractivity contribution in [1.29, 1.82) is 0 Å². The predicted molar refractivity (Wildman–Crippen MR) is 55.5 cm³/mol. The van der Waals surface area contributed by atoms with Gasteiger partial charge in [-0.3, -0.25) is 0 Å². The summed E-state index contributed by atoms with van der Waals surface area (Å²) in [5.41, 5.74) is 6.73. The zero-order valence-electron chi connectivity index (χ0n) is 7.62. The third-order valence-corrected chi connectivity index (χ3v) is 4.49. The van der Waals surface area contributed by atoms with E-state index in [9.17, 15) is 0 Å². The van der Waals surface area contributed by atoms with Crippen LogP contribution in [0.2, 0.25) is 0 Å². The molecule has 0 aliphatic heterocycles. The summed E-state index contributed by atoms with van der Waals surface area (Å²) in [6, 6.07) is 0.